The van der Waals surface area contributed by atoms with Gasteiger partial charge >= 0.3 is 0 Å². The molecule has 3 aromatic heterocycles. The summed E-state index contributed by atoms with van der Waals surface area (Å²) in [6.07, 6.45) is 9.05. The van der Waals surface area contributed by atoms with E-state index in [4.69, 9.17) is 0 Å². The van der Waals surface area contributed by atoms with Gasteiger partial charge in [-0.2, -0.15) is 0 Å². The van der Waals surface area contributed by atoms with Gasteiger partial charge in [-0.05, 0) is 15.9 Å². The maximum Gasteiger partial charge on any atom is 0.155 e. The van der Waals surface area contributed by atoms with E-state index in [-0.39, 0.29) is 0 Å². The van der Waals surface area contributed by atoms with E-state index >= 15 is 0 Å². The Morgan fingerprint density at radius 2 is 2.17 bits per heavy atom. The number of H-pyrrole nitrogens is 1. The van der Waals surface area contributed by atoms with Crippen LogP contribution in [0.3, 0.4) is 0 Å². The van der Waals surface area contributed by atoms with Crippen LogP contribution in [0, 0.1) is 0 Å². The molecule has 0 aliphatic carbocycles. The Morgan fingerprint density at radius 1 is 1.22 bits per heavy atom. The monoisotopic (exact) mass is 306 g/mol. The Bertz CT molecular complexity index is 645. The summed E-state index contributed by atoms with van der Waals surface area (Å²) in [6.45, 7) is 1.42. The van der Waals surface area contributed by atoms with Crippen LogP contribution in [-0.4, -0.2) is 24.3 Å². The summed E-state index contributed by atoms with van der Waals surface area (Å²) < 4.78 is 2.80. The van der Waals surface area contributed by atoms with Crippen LogP contribution in [-0.2, 0) is 13.1 Å². The van der Waals surface area contributed by atoms with E-state index in [1.54, 1.807) is 12.4 Å². The predicted octanol–water partition coefficient (Wildman–Crippen LogP) is 1.50. The molecule has 18 heavy (non-hydrogen) atoms. The lowest BCUT2D eigenvalue weighted by atomic mass is 10.4. The van der Waals surface area contributed by atoms with E-state index in [0.29, 0.717) is 6.54 Å². The standard InChI is InChI=1S/C11H11BrN6/c12-9-7-18-8(4-17-11(18)6-16-9)3-13-5-10-14-1-2-15-10/h1-2,4,6-7,13H,3,5H2,(H,14,15). The fourth-order valence-electron chi connectivity index (χ4n) is 1.75. The Hall–Kier alpha value is -1.73. The van der Waals surface area contributed by atoms with Crippen molar-refractivity contribution in [2.24, 2.45) is 0 Å². The van der Waals surface area contributed by atoms with Gasteiger partial charge in [0.15, 0.2) is 5.65 Å². The van der Waals surface area contributed by atoms with Gasteiger partial charge in [0.2, 0.25) is 0 Å². The van der Waals surface area contributed by atoms with Crippen LogP contribution in [0.15, 0.2) is 35.6 Å². The molecule has 0 bridgehead atoms. The summed E-state index contributed by atoms with van der Waals surface area (Å²) in [5.74, 6) is 0.923. The molecule has 0 amide bonds. The second-order valence-electron chi connectivity index (χ2n) is 3.83. The minimum atomic E-state index is 0.701. The maximum atomic E-state index is 4.29. The van der Waals surface area contributed by atoms with Crippen LogP contribution in [0.1, 0.15) is 11.5 Å². The average Bonchev–Trinajstić information content (AvgIpc) is 2.99. The van der Waals surface area contributed by atoms with Gasteiger partial charge in [0.1, 0.15) is 10.4 Å². The van der Waals surface area contributed by atoms with Gasteiger partial charge in [0.05, 0.1) is 24.6 Å². The highest BCUT2D eigenvalue weighted by Gasteiger charge is 2.04. The summed E-state index contributed by atoms with van der Waals surface area (Å²) in [5, 5.41) is 3.31. The molecular formula is C11H11BrN6. The first-order chi connectivity index (χ1) is 8.83. The van der Waals surface area contributed by atoms with E-state index in [1.165, 1.54) is 0 Å². The number of hydrogen-bond donors (Lipinski definition) is 2. The fraction of sp³-hybridized carbons (Fsp3) is 0.182. The number of aromatic amines is 1. The van der Waals surface area contributed by atoms with Crippen molar-refractivity contribution >= 4 is 21.6 Å². The fourth-order valence-corrected chi connectivity index (χ4v) is 2.06. The van der Waals surface area contributed by atoms with Crippen LogP contribution < -0.4 is 5.32 Å². The molecule has 0 radical (unpaired) electrons. The highest BCUT2D eigenvalue weighted by Crippen LogP contribution is 2.10. The van der Waals surface area contributed by atoms with Crippen LogP contribution in [0.4, 0.5) is 0 Å². The number of halogens is 1. The molecule has 0 saturated carbocycles. The van der Waals surface area contributed by atoms with E-state index in [2.05, 4.69) is 41.2 Å². The SMILES string of the molecule is Brc1cn2c(CNCc3ncc[nH]3)cnc2cn1. The minimum Gasteiger partial charge on any atom is -0.348 e. The first-order valence-electron chi connectivity index (χ1n) is 5.49. The molecule has 0 spiro atoms. The van der Waals surface area contributed by atoms with Crippen LogP contribution in [0.2, 0.25) is 0 Å². The van der Waals surface area contributed by atoms with Gasteiger partial charge in [-0.25, -0.2) is 15.0 Å². The third kappa shape index (κ3) is 2.27. The molecule has 0 aliphatic heterocycles. The topological polar surface area (TPSA) is 70.9 Å². The molecule has 0 atom stereocenters. The first-order valence-corrected chi connectivity index (χ1v) is 6.29. The van der Waals surface area contributed by atoms with Gasteiger partial charge in [-0.15, -0.1) is 0 Å². The molecule has 0 fully saturated rings. The van der Waals surface area contributed by atoms with Crippen molar-refractivity contribution in [3.05, 3.63) is 47.1 Å². The van der Waals surface area contributed by atoms with Crippen LogP contribution >= 0.6 is 15.9 Å². The van der Waals surface area contributed by atoms with Crippen molar-refractivity contribution < 1.29 is 0 Å². The number of imidazole rings is 2. The van der Waals surface area contributed by atoms with E-state index in [0.717, 1.165) is 28.3 Å². The molecule has 3 aromatic rings. The number of hydrogen-bond acceptors (Lipinski definition) is 4. The molecule has 0 saturated heterocycles. The quantitative estimate of drug-likeness (QED) is 0.766. The third-order valence-corrected chi connectivity index (χ3v) is 3.00. The van der Waals surface area contributed by atoms with Crippen LogP contribution in [0.25, 0.3) is 5.65 Å². The third-order valence-electron chi connectivity index (χ3n) is 2.59. The molecule has 92 valence electrons. The maximum absolute atomic E-state index is 4.29. The molecule has 7 heteroatoms. The number of nitrogens with one attached hydrogen (secondary N) is 2. The summed E-state index contributed by atoms with van der Waals surface area (Å²) in [7, 11) is 0. The Kier molecular flexibility index (Phi) is 3.07. The lowest BCUT2D eigenvalue weighted by molar-refractivity contribution is 0.653. The number of fused-ring (bicyclic) bond motifs is 1. The van der Waals surface area contributed by atoms with Gasteiger partial charge in [-0.3, -0.25) is 4.40 Å². The summed E-state index contributed by atoms with van der Waals surface area (Å²) >= 11 is 3.36. The van der Waals surface area contributed by atoms with Crippen molar-refractivity contribution in [1.82, 2.24) is 29.7 Å². The highest BCUT2D eigenvalue weighted by atomic mass is 79.9. The van der Waals surface area contributed by atoms with Crippen molar-refractivity contribution in [1.29, 1.82) is 0 Å². The Morgan fingerprint density at radius 3 is 3.00 bits per heavy atom. The van der Waals surface area contributed by atoms with Crippen molar-refractivity contribution in [2.75, 3.05) is 0 Å². The second-order valence-corrected chi connectivity index (χ2v) is 4.64. The molecule has 3 heterocycles. The van der Waals surface area contributed by atoms with Gasteiger partial charge in [-0.1, -0.05) is 0 Å². The molecular weight excluding hydrogens is 296 g/mol. The highest BCUT2D eigenvalue weighted by molar-refractivity contribution is 9.10. The van der Waals surface area contributed by atoms with E-state index < -0.39 is 0 Å². The average molecular weight is 307 g/mol. The normalized spacial score (nSPS) is 11.2. The first kappa shape index (κ1) is 11.4. The lowest BCUT2D eigenvalue weighted by Gasteiger charge is -2.03. The minimum absolute atomic E-state index is 0.701. The summed E-state index contributed by atoms with van der Waals surface area (Å²) in [5.41, 5.74) is 1.92. The number of nitrogens with zero attached hydrogens (tertiary/aromatic N) is 4. The van der Waals surface area contributed by atoms with Gasteiger partial charge < -0.3 is 10.3 Å². The molecule has 0 aromatic carbocycles. The zero-order valence-electron chi connectivity index (χ0n) is 9.47. The van der Waals surface area contributed by atoms with E-state index in [1.807, 2.05) is 23.0 Å². The zero-order chi connectivity index (χ0) is 12.4. The Balaban J connectivity index is 1.72. The lowest BCUT2D eigenvalue weighted by Crippen LogP contribution is -2.15. The summed E-state index contributed by atoms with van der Waals surface area (Å²) in [4.78, 5) is 15.6. The van der Waals surface area contributed by atoms with Gasteiger partial charge in [0, 0.05) is 25.1 Å². The van der Waals surface area contributed by atoms with Crippen molar-refractivity contribution in [3.63, 3.8) is 0 Å². The smallest absolute Gasteiger partial charge is 0.155 e. The van der Waals surface area contributed by atoms with Crippen LogP contribution in [0.5, 0.6) is 0 Å². The van der Waals surface area contributed by atoms with Gasteiger partial charge in [0.25, 0.3) is 0 Å². The molecule has 3 rings (SSSR count). The molecule has 6 nitrogen and oxygen atoms in total. The molecule has 0 unspecified atom stereocenters. The Labute approximate surface area is 112 Å². The molecule has 0 aliphatic rings. The largest absolute Gasteiger partial charge is 0.348 e. The zero-order valence-corrected chi connectivity index (χ0v) is 11.1. The van der Waals surface area contributed by atoms with Crippen molar-refractivity contribution in [2.45, 2.75) is 13.1 Å². The number of rotatable bonds is 4. The number of aromatic nitrogens is 5. The second kappa shape index (κ2) is 4.87. The van der Waals surface area contributed by atoms with E-state index in [9.17, 15) is 0 Å². The van der Waals surface area contributed by atoms with Crippen molar-refractivity contribution in [3.8, 4) is 0 Å². The predicted molar refractivity (Wildman–Crippen MR) is 69.8 cm³/mol. The summed E-state index contributed by atoms with van der Waals surface area (Å²) in [6, 6.07) is 0. The molecule has 2 N–H and O–H groups in total.